The molecule has 0 spiro atoms. The number of nitrogens with one attached hydrogen (secondary N) is 1. The van der Waals surface area contributed by atoms with E-state index >= 15 is 0 Å². The molecule has 0 aliphatic carbocycles. The Bertz CT molecular complexity index is 1260. The smallest absolute Gasteiger partial charge is 0.230 e. The maximum atomic E-state index is 9.35. The second-order valence-electron chi connectivity index (χ2n) is 7.78. The van der Waals surface area contributed by atoms with E-state index in [1.165, 1.54) is 0 Å². The molecular formula is C24H22N6. The SMILES string of the molecule is C=C(C)c1ccc(Nc2ncc3ccn(-c4ccc(C(C)(C)C#N)cc4)c3n2)nc1. The summed E-state index contributed by atoms with van der Waals surface area (Å²) in [5.74, 6) is 1.14. The highest BCUT2D eigenvalue weighted by Crippen LogP contribution is 2.25. The number of hydrogen-bond acceptors (Lipinski definition) is 5. The molecule has 4 aromatic rings. The van der Waals surface area contributed by atoms with Gasteiger partial charge in [-0.1, -0.05) is 18.7 Å². The zero-order valence-corrected chi connectivity index (χ0v) is 17.2. The molecule has 0 aliphatic rings. The van der Waals surface area contributed by atoms with Gasteiger partial charge in [0, 0.05) is 29.7 Å². The Hall–Kier alpha value is -3.98. The highest BCUT2D eigenvalue weighted by Gasteiger charge is 2.19. The van der Waals surface area contributed by atoms with E-state index in [-0.39, 0.29) is 0 Å². The maximum Gasteiger partial charge on any atom is 0.230 e. The Morgan fingerprint density at radius 1 is 1.07 bits per heavy atom. The lowest BCUT2D eigenvalue weighted by atomic mass is 9.86. The van der Waals surface area contributed by atoms with Crippen LogP contribution in [0.4, 0.5) is 11.8 Å². The zero-order chi connectivity index (χ0) is 21.3. The Morgan fingerprint density at radius 3 is 2.47 bits per heavy atom. The molecule has 30 heavy (non-hydrogen) atoms. The van der Waals surface area contributed by atoms with E-state index in [2.05, 4.69) is 32.9 Å². The van der Waals surface area contributed by atoms with Gasteiger partial charge in [-0.2, -0.15) is 10.2 Å². The summed E-state index contributed by atoms with van der Waals surface area (Å²) in [6.45, 7) is 9.70. The molecule has 6 nitrogen and oxygen atoms in total. The molecule has 0 aliphatic heterocycles. The molecule has 1 aromatic carbocycles. The fraction of sp³-hybridized carbons (Fsp3) is 0.167. The molecule has 6 heteroatoms. The van der Waals surface area contributed by atoms with Crippen molar-refractivity contribution in [2.45, 2.75) is 26.2 Å². The Balaban J connectivity index is 1.65. The van der Waals surface area contributed by atoms with Gasteiger partial charge < -0.3 is 9.88 Å². The molecule has 0 bridgehead atoms. The quantitative estimate of drug-likeness (QED) is 0.491. The molecule has 3 aromatic heterocycles. The molecule has 1 N–H and O–H groups in total. The first kappa shape index (κ1) is 19.3. The first-order valence-corrected chi connectivity index (χ1v) is 9.62. The minimum Gasteiger partial charge on any atom is -0.309 e. The van der Waals surface area contributed by atoms with E-state index in [9.17, 15) is 5.26 Å². The molecule has 0 amide bonds. The van der Waals surface area contributed by atoms with E-state index in [1.54, 1.807) is 12.4 Å². The standard InChI is InChI=1S/C24H22N6/c1-16(2)17-5-10-21(26-13-17)28-23-27-14-18-11-12-30(22(18)29-23)20-8-6-19(7-9-20)24(3,4)15-25/h5-14H,1H2,2-4H3,(H,26,27,28,29). The van der Waals surface area contributed by atoms with Gasteiger partial charge in [0.2, 0.25) is 5.95 Å². The summed E-state index contributed by atoms with van der Waals surface area (Å²) in [4.78, 5) is 13.5. The van der Waals surface area contributed by atoms with Gasteiger partial charge in [0.25, 0.3) is 0 Å². The van der Waals surface area contributed by atoms with Crippen LogP contribution in [0.2, 0.25) is 0 Å². The van der Waals surface area contributed by atoms with Crippen molar-refractivity contribution >= 4 is 28.4 Å². The second-order valence-corrected chi connectivity index (χ2v) is 7.78. The van der Waals surface area contributed by atoms with Gasteiger partial charge in [-0.25, -0.2) is 9.97 Å². The van der Waals surface area contributed by atoms with Crippen molar-refractivity contribution in [1.29, 1.82) is 5.26 Å². The Morgan fingerprint density at radius 2 is 1.83 bits per heavy atom. The second kappa shape index (κ2) is 7.45. The number of allylic oxidation sites excluding steroid dienone is 1. The molecule has 0 unspecified atom stereocenters. The van der Waals surface area contributed by atoms with Crippen LogP contribution in [0.3, 0.4) is 0 Å². The lowest BCUT2D eigenvalue weighted by Gasteiger charge is -2.16. The topological polar surface area (TPSA) is 79.4 Å². The molecule has 4 rings (SSSR count). The zero-order valence-electron chi connectivity index (χ0n) is 17.2. The van der Waals surface area contributed by atoms with E-state index in [1.807, 2.05) is 74.0 Å². The highest BCUT2D eigenvalue weighted by atomic mass is 15.2. The summed E-state index contributed by atoms with van der Waals surface area (Å²) in [7, 11) is 0. The van der Waals surface area contributed by atoms with Gasteiger partial charge in [-0.15, -0.1) is 0 Å². The number of anilines is 2. The summed E-state index contributed by atoms with van der Waals surface area (Å²) in [6, 6.07) is 16.1. The van der Waals surface area contributed by atoms with E-state index < -0.39 is 5.41 Å². The largest absolute Gasteiger partial charge is 0.309 e. The van der Waals surface area contributed by atoms with Gasteiger partial charge >= 0.3 is 0 Å². The number of aromatic nitrogens is 4. The van der Waals surface area contributed by atoms with Crippen LogP contribution >= 0.6 is 0 Å². The summed E-state index contributed by atoms with van der Waals surface area (Å²) in [5.41, 5.74) is 4.17. The fourth-order valence-corrected chi connectivity index (χ4v) is 3.12. The summed E-state index contributed by atoms with van der Waals surface area (Å²) >= 11 is 0. The van der Waals surface area contributed by atoms with Crippen LogP contribution in [0.15, 0.2) is 67.6 Å². The minimum absolute atomic E-state index is 0.472. The van der Waals surface area contributed by atoms with Crippen molar-refractivity contribution in [2.24, 2.45) is 0 Å². The number of nitrogens with zero attached hydrogens (tertiary/aromatic N) is 5. The van der Waals surface area contributed by atoms with Gasteiger partial charge in [0.1, 0.15) is 11.5 Å². The van der Waals surface area contributed by atoms with Crippen LogP contribution in [0.25, 0.3) is 22.3 Å². The number of pyridine rings is 1. The number of nitriles is 1. The van der Waals surface area contributed by atoms with Crippen LogP contribution in [-0.4, -0.2) is 19.5 Å². The fourth-order valence-electron chi connectivity index (χ4n) is 3.12. The number of rotatable bonds is 5. The number of benzene rings is 1. The Kier molecular flexibility index (Phi) is 4.80. The molecule has 0 atom stereocenters. The third-order valence-corrected chi connectivity index (χ3v) is 5.07. The predicted octanol–water partition coefficient (Wildman–Crippen LogP) is 5.39. The molecule has 0 saturated heterocycles. The summed E-state index contributed by atoms with van der Waals surface area (Å²) < 4.78 is 2.00. The first-order chi connectivity index (χ1) is 14.4. The van der Waals surface area contributed by atoms with Crippen molar-refractivity contribution in [2.75, 3.05) is 5.32 Å². The lowest BCUT2D eigenvalue weighted by Crippen LogP contribution is -2.13. The maximum absolute atomic E-state index is 9.35. The third-order valence-electron chi connectivity index (χ3n) is 5.07. The van der Waals surface area contributed by atoms with Crippen molar-refractivity contribution in [3.63, 3.8) is 0 Å². The van der Waals surface area contributed by atoms with E-state index in [0.29, 0.717) is 11.8 Å². The van der Waals surface area contributed by atoms with Crippen LogP contribution < -0.4 is 5.32 Å². The van der Waals surface area contributed by atoms with Crippen molar-refractivity contribution in [3.05, 3.63) is 78.8 Å². The van der Waals surface area contributed by atoms with Gasteiger partial charge in [0.05, 0.1) is 11.5 Å². The molecule has 3 heterocycles. The number of fused-ring (bicyclic) bond motifs is 1. The predicted molar refractivity (Wildman–Crippen MR) is 120 cm³/mol. The van der Waals surface area contributed by atoms with Crippen molar-refractivity contribution in [1.82, 2.24) is 19.5 Å². The molecule has 0 radical (unpaired) electrons. The monoisotopic (exact) mass is 394 g/mol. The van der Waals surface area contributed by atoms with Gasteiger partial charge in [-0.05, 0) is 67.8 Å². The summed E-state index contributed by atoms with van der Waals surface area (Å²) in [6.07, 6.45) is 5.53. The van der Waals surface area contributed by atoms with Gasteiger partial charge in [0.15, 0.2) is 0 Å². The minimum atomic E-state index is -0.525. The Labute approximate surface area is 175 Å². The van der Waals surface area contributed by atoms with E-state index in [0.717, 1.165) is 33.4 Å². The van der Waals surface area contributed by atoms with Crippen LogP contribution in [0, 0.1) is 11.3 Å². The molecule has 148 valence electrons. The first-order valence-electron chi connectivity index (χ1n) is 9.62. The van der Waals surface area contributed by atoms with Gasteiger partial charge in [-0.3, -0.25) is 0 Å². The lowest BCUT2D eigenvalue weighted by molar-refractivity contribution is 0.686. The van der Waals surface area contributed by atoms with E-state index in [4.69, 9.17) is 0 Å². The normalized spacial score (nSPS) is 11.3. The van der Waals surface area contributed by atoms with Crippen molar-refractivity contribution < 1.29 is 0 Å². The average molecular weight is 394 g/mol. The average Bonchev–Trinajstić information content (AvgIpc) is 3.17. The highest BCUT2D eigenvalue weighted by molar-refractivity contribution is 5.78. The van der Waals surface area contributed by atoms with Crippen LogP contribution in [0.5, 0.6) is 0 Å². The summed E-state index contributed by atoms with van der Waals surface area (Å²) in [5, 5.41) is 13.4. The molecular weight excluding hydrogens is 372 g/mol. The number of hydrogen-bond donors (Lipinski definition) is 1. The molecule has 0 saturated carbocycles. The third kappa shape index (κ3) is 3.65. The van der Waals surface area contributed by atoms with Crippen LogP contribution in [-0.2, 0) is 5.41 Å². The van der Waals surface area contributed by atoms with Crippen molar-refractivity contribution in [3.8, 4) is 11.8 Å². The molecule has 0 fully saturated rings. The van der Waals surface area contributed by atoms with Crippen LogP contribution in [0.1, 0.15) is 31.9 Å².